The Morgan fingerprint density at radius 2 is 1.88 bits per heavy atom. The number of halogens is 1. The second kappa shape index (κ2) is 4.18. The van der Waals surface area contributed by atoms with Crippen LogP contribution in [0.1, 0.15) is 27.7 Å². The van der Waals surface area contributed by atoms with Crippen LogP contribution < -0.4 is 11.1 Å². The Kier molecular flexibility index (Phi) is 3.44. The molecule has 1 aromatic rings. The molecule has 16 heavy (non-hydrogen) atoms. The van der Waals surface area contributed by atoms with Crippen LogP contribution in [0.5, 0.6) is 0 Å². The van der Waals surface area contributed by atoms with Crippen molar-refractivity contribution in [3.05, 3.63) is 10.8 Å². The second-order valence-electron chi connectivity index (χ2n) is 4.73. The highest BCUT2D eigenvalue weighted by molar-refractivity contribution is 9.10. The molecule has 0 fully saturated rings. The van der Waals surface area contributed by atoms with Crippen molar-refractivity contribution in [3.63, 3.8) is 0 Å². The number of nitrogens with one attached hydrogen (secondary N) is 1. The van der Waals surface area contributed by atoms with Gasteiger partial charge in [0, 0.05) is 0 Å². The molecule has 0 unspecified atom stereocenters. The number of hydrogen-bond acceptors (Lipinski definition) is 5. The zero-order valence-corrected chi connectivity index (χ0v) is 11.5. The van der Waals surface area contributed by atoms with Crippen molar-refractivity contribution in [2.24, 2.45) is 0 Å². The average molecular weight is 289 g/mol. The van der Waals surface area contributed by atoms with Crippen molar-refractivity contribution in [1.82, 2.24) is 9.97 Å². The topological polar surface area (TPSA) is 84.1 Å². The number of nitrogen functional groups attached to an aromatic ring is 1. The normalized spacial score (nSPS) is 12.6. The van der Waals surface area contributed by atoms with E-state index in [0.717, 1.165) is 0 Å². The molecule has 0 bridgehead atoms. The molecule has 6 heteroatoms. The molecule has 1 rings (SSSR count). The molecule has 5 nitrogen and oxygen atoms in total. The lowest BCUT2D eigenvalue weighted by Gasteiger charge is -2.38. The third kappa shape index (κ3) is 2.62. The van der Waals surface area contributed by atoms with Crippen LogP contribution in [0.4, 0.5) is 11.6 Å². The Labute approximate surface area is 104 Å². The predicted molar refractivity (Wildman–Crippen MR) is 68.1 cm³/mol. The van der Waals surface area contributed by atoms with Crippen molar-refractivity contribution in [1.29, 1.82) is 0 Å². The van der Waals surface area contributed by atoms with E-state index in [1.165, 1.54) is 6.33 Å². The average Bonchev–Trinajstić information content (AvgIpc) is 2.11. The minimum atomic E-state index is -0.897. The van der Waals surface area contributed by atoms with Gasteiger partial charge < -0.3 is 16.2 Å². The first kappa shape index (κ1) is 13.2. The molecule has 0 aliphatic rings. The van der Waals surface area contributed by atoms with Crippen LogP contribution >= 0.6 is 15.9 Å². The lowest BCUT2D eigenvalue weighted by atomic mass is 9.86. The first-order valence-electron chi connectivity index (χ1n) is 4.91. The Morgan fingerprint density at radius 3 is 2.38 bits per heavy atom. The summed E-state index contributed by atoms with van der Waals surface area (Å²) in [6.45, 7) is 7.24. The summed E-state index contributed by atoms with van der Waals surface area (Å²) in [5, 5.41) is 13.2. The summed E-state index contributed by atoms with van der Waals surface area (Å²) in [5.74, 6) is 0.934. The third-order valence-corrected chi connectivity index (χ3v) is 3.56. The number of rotatable bonds is 3. The van der Waals surface area contributed by atoms with Gasteiger partial charge in [-0.3, -0.25) is 0 Å². The highest BCUT2D eigenvalue weighted by atomic mass is 79.9. The molecule has 0 aliphatic carbocycles. The lowest BCUT2D eigenvalue weighted by Crippen LogP contribution is -2.51. The molecular formula is C10H17BrN4O. The summed E-state index contributed by atoms with van der Waals surface area (Å²) in [6, 6.07) is 0. The van der Waals surface area contributed by atoms with Gasteiger partial charge >= 0.3 is 0 Å². The van der Waals surface area contributed by atoms with Gasteiger partial charge in [-0.25, -0.2) is 9.97 Å². The summed E-state index contributed by atoms with van der Waals surface area (Å²) >= 11 is 3.31. The Bertz CT molecular complexity index is 387. The van der Waals surface area contributed by atoms with E-state index in [1.807, 2.05) is 13.8 Å². The Morgan fingerprint density at radius 1 is 1.31 bits per heavy atom. The van der Waals surface area contributed by atoms with Crippen molar-refractivity contribution in [2.75, 3.05) is 11.1 Å². The molecule has 1 aromatic heterocycles. The maximum absolute atomic E-state index is 10.0. The van der Waals surface area contributed by atoms with Gasteiger partial charge in [0.2, 0.25) is 0 Å². The fraction of sp³-hybridized carbons (Fsp3) is 0.600. The van der Waals surface area contributed by atoms with E-state index in [0.29, 0.717) is 16.1 Å². The molecule has 0 aliphatic heterocycles. The van der Waals surface area contributed by atoms with Crippen LogP contribution in [0.25, 0.3) is 0 Å². The van der Waals surface area contributed by atoms with Crippen LogP contribution in [-0.4, -0.2) is 26.2 Å². The third-order valence-electron chi connectivity index (χ3n) is 2.78. The van der Waals surface area contributed by atoms with Crippen LogP contribution in [0.3, 0.4) is 0 Å². The van der Waals surface area contributed by atoms with Gasteiger partial charge in [-0.1, -0.05) is 0 Å². The number of hydrogen-bond donors (Lipinski definition) is 3. The number of aromatic nitrogens is 2. The second-order valence-corrected chi connectivity index (χ2v) is 5.52. The summed E-state index contributed by atoms with van der Waals surface area (Å²) in [5.41, 5.74) is 4.21. The van der Waals surface area contributed by atoms with Gasteiger partial charge in [0.25, 0.3) is 0 Å². The monoisotopic (exact) mass is 288 g/mol. The van der Waals surface area contributed by atoms with E-state index in [2.05, 4.69) is 31.2 Å². The summed E-state index contributed by atoms with van der Waals surface area (Å²) in [6.07, 6.45) is 1.38. The minimum absolute atomic E-state index is 0.365. The van der Waals surface area contributed by atoms with E-state index in [1.54, 1.807) is 13.8 Å². The predicted octanol–water partition coefficient (Wildman–Crippen LogP) is 1.78. The van der Waals surface area contributed by atoms with E-state index in [4.69, 9.17) is 5.73 Å². The van der Waals surface area contributed by atoms with Crippen LogP contribution in [0.2, 0.25) is 0 Å². The largest absolute Gasteiger partial charge is 0.388 e. The molecule has 4 N–H and O–H groups in total. The number of nitrogens with zero attached hydrogens (tertiary/aromatic N) is 2. The molecule has 0 aromatic carbocycles. The van der Waals surface area contributed by atoms with Crippen molar-refractivity contribution in [3.8, 4) is 0 Å². The molecule has 90 valence electrons. The smallest absolute Gasteiger partial charge is 0.146 e. The molecule has 0 saturated heterocycles. The zero-order valence-electron chi connectivity index (χ0n) is 9.87. The van der Waals surface area contributed by atoms with Crippen molar-refractivity contribution in [2.45, 2.75) is 38.8 Å². The molecule has 0 atom stereocenters. The SMILES string of the molecule is CC(C)(O)C(C)(C)Nc1ncnc(N)c1Br. The van der Waals surface area contributed by atoms with Gasteiger partial charge in [-0.05, 0) is 43.6 Å². The first-order chi connectivity index (χ1) is 7.15. The van der Waals surface area contributed by atoms with Gasteiger partial charge in [0.15, 0.2) is 0 Å². The van der Waals surface area contributed by atoms with E-state index in [-0.39, 0.29) is 0 Å². The molecular weight excluding hydrogens is 272 g/mol. The molecule has 0 spiro atoms. The van der Waals surface area contributed by atoms with Gasteiger partial charge in [-0.15, -0.1) is 0 Å². The lowest BCUT2D eigenvalue weighted by molar-refractivity contribution is 0.0238. The summed E-state index contributed by atoms with van der Waals surface area (Å²) < 4.78 is 0.604. The maximum Gasteiger partial charge on any atom is 0.146 e. The molecule has 1 heterocycles. The fourth-order valence-electron chi connectivity index (χ4n) is 0.920. The summed E-state index contributed by atoms with van der Waals surface area (Å²) in [7, 11) is 0. The van der Waals surface area contributed by atoms with E-state index >= 15 is 0 Å². The van der Waals surface area contributed by atoms with Crippen molar-refractivity contribution < 1.29 is 5.11 Å². The fourth-order valence-corrected chi connectivity index (χ4v) is 1.22. The molecule has 0 radical (unpaired) electrons. The minimum Gasteiger partial charge on any atom is -0.388 e. The highest BCUT2D eigenvalue weighted by Gasteiger charge is 2.35. The number of nitrogens with two attached hydrogens (primary N) is 1. The number of aliphatic hydroxyl groups is 1. The highest BCUT2D eigenvalue weighted by Crippen LogP contribution is 2.30. The molecule has 0 amide bonds. The van der Waals surface area contributed by atoms with Gasteiger partial charge in [0.05, 0.1) is 11.1 Å². The van der Waals surface area contributed by atoms with E-state index in [9.17, 15) is 5.11 Å². The maximum atomic E-state index is 10.0. The first-order valence-corrected chi connectivity index (χ1v) is 5.71. The summed E-state index contributed by atoms with van der Waals surface area (Å²) in [4.78, 5) is 7.93. The van der Waals surface area contributed by atoms with Crippen LogP contribution in [0.15, 0.2) is 10.8 Å². The standard InChI is InChI=1S/C10H17BrN4O/c1-9(2,10(3,4)16)15-8-6(11)7(12)13-5-14-8/h5,16H,1-4H3,(H3,12,13,14,15). The Balaban J connectivity index is 3.02. The van der Waals surface area contributed by atoms with E-state index < -0.39 is 11.1 Å². The quantitative estimate of drug-likeness (QED) is 0.790. The number of anilines is 2. The van der Waals surface area contributed by atoms with Crippen LogP contribution in [-0.2, 0) is 0 Å². The van der Waals surface area contributed by atoms with Crippen molar-refractivity contribution >= 4 is 27.6 Å². The molecule has 0 saturated carbocycles. The Hall–Kier alpha value is -0.880. The van der Waals surface area contributed by atoms with Gasteiger partial charge in [-0.2, -0.15) is 0 Å². The van der Waals surface area contributed by atoms with Gasteiger partial charge in [0.1, 0.15) is 22.4 Å². The zero-order chi connectivity index (χ0) is 12.6. The van der Waals surface area contributed by atoms with Crippen LogP contribution in [0, 0.1) is 0 Å².